The zero-order valence-corrected chi connectivity index (χ0v) is 8.14. The van der Waals surface area contributed by atoms with E-state index in [2.05, 4.69) is 9.97 Å². The Morgan fingerprint density at radius 1 is 1.12 bits per heavy atom. The van der Waals surface area contributed by atoms with E-state index < -0.39 is 17.7 Å². The number of aliphatic hydroxyl groups excluding tert-OH is 1. The average molecular weight is 222 g/mol. The normalized spacial score (nSPS) is 12.4. The number of aromatic nitrogens is 2. The van der Waals surface area contributed by atoms with Gasteiger partial charge < -0.3 is 5.11 Å². The van der Waals surface area contributed by atoms with Gasteiger partial charge in [-0.05, 0) is 23.8 Å². The molecular weight excluding hydrogens is 214 g/mol. The lowest BCUT2D eigenvalue weighted by Crippen LogP contribution is -2.03. The number of aliphatic hydroxyl groups is 1. The van der Waals surface area contributed by atoms with Crippen molar-refractivity contribution < 1.29 is 13.9 Å². The highest BCUT2D eigenvalue weighted by atomic mass is 19.2. The zero-order chi connectivity index (χ0) is 11.5. The highest BCUT2D eigenvalue weighted by Gasteiger charge is 2.13. The molecule has 0 aliphatic rings. The van der Waals surface area contributed by atoms with Crippen molar-refractivity contribution >= 4 is 0 Å². The van der Waals surface area contributed by atoms with Crippen molar-refractivity contribution in [3.05, 3.63) is 59.7 Å². The maximum atomic E-state index is 12.9. The molecule has 0 fully saturated rings. The van der Waals surface area contributed by atoms with Crippen molar-refractivity contribution in [3.8, 4) is 0 Å². The molecule has 82 valence electrons. The standard InChI is InChI=1S/C11H8F2N2O/c12-8-2-1-7(5-9(8)13)11(16)10-3-4-14-6-15-10/h1-6,11,16H. The minimum atomic E-state index is -1.09. The second kappa shape index (κ2) is 4.32. The van der Waals surface area contributed by atoms with Gasteiger partial charge in [0.1, 0.15) is 12.4 Å². The van der Waals surface area contributed by atoms with E-state index in [9.17, 15) is 13.9 Å². The van der Waals surface area contributed by atoms with Crippen LogP contribution in [0.1, 0.15) is 17.4 Å². The molecule has 0 spiro atoms. The molecule has 1 heterocycles. The molecule has 1 atom stereocenters. The maximum Gasteiger partial charge on any atom is 0.159 e. The number of hydrogen-bond donors (Lipinski definition) is 1. The van der Waals surface area contributed by atoms with E-state index in [-0.39, 0.29) is 5.56 Å². The molecule has 16 heavy (non-hydrogen) atoms. The zero-order valence-electron chi connectivity index (χ0n) is 8.14. The van der Waals surface area contributed by atoms with Gasteiger partial charge in [0.15, 0.2) is 11.6 Å². The third kappa shape index (κ3) is 2.04. The SMILES string of the molecule is OC(c1ccc(F)c(F)c1)c1ccncn1. The molecular formula is C11H8F2N2O. The van der Waals surface area contributed by atoms with Crippen molar-refractivity contribution in [2.75, 3.05) is 0 Å². The fourth-order valence-electron chi connectivity index (χ4n) is 1.32. The van der Waals surface area contributed by atoms with Crippen LogP contribution in [0.15, 0.2) is 36.8 Å². The van der Waals surface area contributed by atoms with Crippen molar-refractivity contribution in [1.82, 2.24) is 9.97 Å². The van der Waals surface area contributed by atoms with Gasteiger partial charge in [-0.3, -0.25) is 0 Å². The molecule has 0 bridgehead atoms. The lowest BCUT2D eigenvalue weighted by atomic mass is 10.1. The summed E-state index contributed by atoms with van der Waals surface area (Å²) >= 11 is 0. The lowest BCUT2D eigenvalue weighted by Gasteiger charge is -2.09. The van der Waals surface area contributed by atoms with Crippen molar-refractivity contribution in [2.45, 2.75) is 6.10 Å². The number of benzene rings is 1. The van der Waals surface area contributed by atoms with E-state index in [1.165, 1.54) is 24.7 Å². The Balaban J connectivity index is 2.34. The molecule has 1 N–H and O–H groups in total. The molecule has 2 rings (SSSR count). The Labute approximate surface area is 90.4 Å². The van der Waals surface area contributed by atoms with Crippen LogP contribution in [0.3, 0.4) is 0 Å². The summed E-state index contributed by atoms with van der Waals surface area (Å²) in [5, 5.41) is 9.83. The van der Waals surface area contributed by atoms with E-state index >= 15 is 0 Å². The second-order valence-electron chi connectivity index (χ2n) is 3.21. The summed E-state index contributed by atoms with van der Waals surface area (Å²) in [5.41, 5.74) is 0.582. The molecule has 3 nitrogen and oxygen atoms in total. The minimum Gasteiger partial charge on any atom is -0.382 e. The molecule has 1 aromatic carbocycles. The van der Waals surface area contributed by atoms with Gasteiger partial charge in [-0.1, -0.05) is 6.07 Å². The third-order valence-corrected chi connectivity index (χ3v) is 2.14. The smallest absolute Gasteiger partial charge is 0.159 e. The Bertz CT molecular complexity index is 491. The van der Waals surface area contributed by atoms with Gasteiger partial charge in [0.25, 0.3) is 0 Å². The summed E-state index contributed by atoms with van der Waals surface area (Å²) in [6.07, 6.45) is 1.65. The Kier molecular flexibility index (Phi) is 2.87. The van der Waals surface area contributed by atoms with Gasteiger partial charge in [-0.15, -0.1) is 0 Å². The van der Waals surface area contributed by atoms with Crippen molar-refractivity contribution in [2.24, 2.45) is 0 Å². The van der Waals surface area contributed by atoms with Gasteiger partial charge in [0.05, 0.1) is 5.69 Å². The van der Waals surface area contributed by atoms with E-state index in [0.29, 0.717) is 5.69 Å². The van der Waals surface area contributed by atoms with Gasteiger partial charge in [-0.25, -0.2) is 18.7 Å². The highest BCUT2D eigenvalue weighted by Crippen LogP contribution is 2.21. The van der Waals surface area contributed by atoms with Crippen LogP contribution in [0.4, 0.5) is 8.78 Å². The Hall–Kier alpha value is -1.88. The first-order chi connectivity index (χ1) is 7.68. The quantitative estimate of drug-likeness (QED) is 0.843. The van der Waals surface area contributed by atoms with E-state index in [1.54, 1.807) is 0 Å². The van der Waals surface area contributed by atoms with Gasteiger partial charge in [0, 0.05) is 6.20 Å². The first kappa shape index (κ1) is 10.6. The molecule has 0 aliphatic carbocycles. The minimum absolute atomic E-state index is 0.248. The second-order valence-corrected chi connectivity index (χ2v) is 3.21. The molecule has 0 saturated carbocycles. The van der Waals surface area contributed by atoms with Gasteiger partial charge >= 0.3 is 0 Å². The molecule has 0 radical (unpaired) electrons. The van der Waals surface area contributed by atoms with Crippen LogP contribution in [0, 0.1) is 11.6 Å². The molecule has 5 heteroatoms. The van der Waals surface area contributed by atoms with Crippen LogP contribution in [-0.4, -0.2) is 15.1 Å². The third-order valence-electron chi connectivity index (χ3n) is 2.14. The van der Waals surface area contributed by atoms with Crippen LogP contribution >= 0.6 is 0 Å². The summed E-state index contributed by atoms with van der Waals surface area (Å²) in [7, 11) is 0. The molecule has 1 aromatic heterocycles. The van der Waals surface area contributed by atoms with E-state index in [4.69, 9.17) is 0 Å². The van der Waals surface area contributed by atoms with Gasteiger partial charge in [-0.2, -0.15) is 0 Å². The van der Waals surface area contributed by atoms with E-state index in [1.807, 2.05) is 0 Å². The fourth-order valence-corrected chi connectivity index (χ4v) is 1.32. The number of nitrogens with zero attached hydrogens (tertiary/aromatic N) is 2. The van der Waals surface area contributed by atoms with Crippen molar-refractivity contribution in [1.29, 1.82) is 0 Å². The van der Waals surface area contributed by atoms with Crippen LogP contribution in [0.5, 0.6) is 0 Å². The van der Waals surface area contributed by atoms with E-state index in [0.717, 1.165) is 12.1 Å². The average Bonchev–Trinajstić information content (AvgIpc) is 2.33. The van der Waals surface area contributed by atoms with Crippen LogP contribution in [0.2, 0.25) is 0 Å². The number of rotatable bonds is 2. The molecule has 0 saturated heterocycles. The largest absolute Gasteiger partial charge is 0.382 e. The fraction of sp³-hybridized carbons (Fsp3) is 0.0909. The maximum absolute atomic E-state index is 12.9. The molecule has 2 aromatic rings. The Morgan fingerprint density at radius 3 is 2.56 bits per heavy atom. The summed E-state index contributed by atoms with van der Waals surface area (Å²) in [5.74, 6) is -1.94. The first-order valence-electron chi connectivity index (χ1n) is 4.57. The molecule has 0 amide bonds. The lowest BCUT2D eigenvalue weighted by molar-refractivity contribution is 0.214. The monoisotopic (exact) mass is 222 g/mol. The number of halogens is 2. The number of hydrogen-bond acceptors (Lipinski definition) is 3. The predicted octanol–water partition coefficient (Wildman–Crippen LogP) is 1.84. The summed E-state index contributed by atoms with van der Waals surface area (Å²) in [6, 6.07) is 4.73. The molecule has 0 aliphatic heterocycles. The summed E-state index contributed by atoms with van der Waals surface area (Å²) in [4.78, 5) is 7.53. The molecule has 1 unspecified atom stereocenters. The topological polar surface area (TPSA) is 46.0 Å². The predicted molar refractivity (Wildman–Crippen MR) is 52.5 cm³/mol. The van der Waals surface area contributed by atoms with Gasteiger partial charge in [0.2, 0.25) is 0 Å². The van der Waals surface area contributed by atoms with Crippen molar-refractivity contribution in [3.63, 3.8) is 0 Å². The summed E-state index contributed by atoms with van der Waals surface area (Å²) in [6.45, 7) is 0. The van der Waals surface area contributed by atoms with Crippen LogP contribution < -0.4 is 0 Å². The first-order valence-corrected chi connectivity index (χ1v) is 4.57. The summed E-state index contributed by atoms with van der Waals surface area (Å²) < 4.78 is 25.6. The Morgan fingerprint density at radius 2 is 1.94 bits per heavy atom. The van der Waals surface area contributed by atoms with Crippen LogP contribution in [-0.2, 0) is 0 Å². The van der Waals surface area contributed by atoms with Crippen LogP contribution in [0.25, 0.3) is 0 Å². The highest BCUT2D eigenvalue weighted by molar-refractivity contribution is 5.26.